The van der Waals surface area contributed by atoms with E-state index in [9.17, 15) is 4.79 Å². The fraction of sp³-hybridized carbons (Fsp3) is 0.222. The van der Waals surface area contributed by atoms with Crippen LogP contribution in [-0.2, 0) is 0 Å². The number of aromatic carboxylic acids is 1. The summed E-state index contributed by atoms with van der Waals surface area (Å²) in [4.78, 5) is 14.3. The van der Waals surface area contributed by atoms with Crippen LogP contribution in [0, 0.1) is 0 Å². The molecule has 1 heterocycles. The summed E-state index contributed by atoms with van der Waals surface area (Å²) < 4.78 is 0. The van der Waals surface area contributed by atoms with Gasteiger partial charge in [0, 0.05) is 12.4 Å². The fourth-order valence-corrected chi connectivity index (χ4v) is 0.790. The highest BCUT2D eigenvalue weighted by Crippen LogP contribution is 2.04. The molecule has 0 fully saturated rings. The number of hydrazone groups is 1. The quantitative estimate of drug-likeness (QED) is 0.562. The molecule has 0 aliphatic carbocycles. The van der Waals surface area contributed by atoms with Gasteiger partial charge in [0.15, 0.2) is 0 Å². The zero-order valence-electron chi connectivity index (χ0n) is 7.77. The highest BCUT2D eigenvalue weighted by Gasteiger charge is 2.01. The number of nitrogens with one attached hydrogen (secondary N) is 1. The van der Waals surface area contributed by atoms with Crippen LogP contribution in [-0.4, -0.2) is 22.3 Å². The summed E-state index contributed by atoms with van der Waals surface area (Å²) in [5, 5.41) is 12.4. The molecule has 0 saturated carbocycles. The van der Waals surface area contributed by atoms with Crippen LogP contribution >= 0.6 is 0 Å². The Balaban J connectivity index is 2.64. The molecule has 0 radical (unpaired) electrons. The molecule has 1 aromatic rings. The van der Waals surface area contributed by atoms with Crippen molar-refractivity contribution in [1.29, 1.82) is 0 Å². The first kappa shape index (κ1) is 10.2. The van der Waals surface area contributed by atoms with Crippen molar-refractivity contribution >= 4 is 18.0 Å². The van der Waals surface area contributed by atoms with Crippen molar-refractivity contribution < 1.29 is 9.90 Å². The summed E-state index contributed by atoms with van der Waals surface area (Å²) in [5.41, 5.74) is 2.84. The minimum atomic E-state index is -0.985. The number of pyridine rings is 1. The summed E-state index contributed by atoms with van der Waals surface area (Å²) in [6.07, 6.45) is 3.82. The van der Waals surface area contributed by atoms with Crippen molar-refractivity contribution in [2.24, 2.45) is 5.10 Å². The number of hydrogen-bond donors (Lipinski definition) is 2. The molecule has 0 aliphatic heterocycles. The maximum atomic E-state index is 10.5. The molecule has 0 aromatic carbocycles. The second kappa shape index (κ2) is 4.96. The second-order valence-corrected chi connectivity index (χ2v) is 2.57. The van der Waals surface area contributed by atoms with Crippen molar-refractivity contribution in [2.45, 2.75) is 13.3 Å². The molecule has 0 bridgehead atoms. The van der Waals surface area contributed by atoms with E-state index < -0.39 is 5.97 Å². The molecule has 1 aromatic heterocycles. The molecule has 74 valence electrons. The van der Waals surface area contributed by atoms with Crippen molar-refractivity contribution in [3.05, 3.63) is 23.9 Å². The summed E-state index contributed by atoms with van der Waals surface area (Å²) in [7, 11) is 0. The molecule has 5 heteroatoms. The minimum Gasteiger partial charge on any atom is -0.478 e. The Bertz CT molecular complexity index is 332. The maximum absolute atomic E-state index is 10.5. The average molecular weight is 193 g/mol. The van der Waals surface area contributed by atoms with Crippen molar-refractivity contribution in [2.75, 3.05) is 5.43 Å². The Kier molecular flexibility index (Phi) is 3.60. The normalized spacial score (nSPS) is 10.4. The van der Waals surface area contributed by atoms with Gasteiger partial charge in [-0.15, -0.1) is 0 Å². The van der Waals surface area contributed by atoms with E-state index in [0.717, 1.165) is 6.42 Å². The smallest absolute Gasteiger partial charge is 0.337 e. The van der Waals surface area contributed by atoms with Gasteiger partial charge in [-0.05, 0) is 18.6 Å². The van der Waals surface area contributed by atoms with Crippen molar-refractivity contribution in [1.82, 2.24) is 4.98 Å². The molecule has 5 nitrogen and oxygen atoms in total. The maximum Gasteiger partial charge on any atom is 0.337 e. The zero-order chi connectivity index (χ0) is 10.4. The lowest BCUT2D eigenvalue weighted by Crippen LogP contribution is -1.98. The summed E-state index contributed by atoms with van der Waals surface area (Å²) in [6, 6.07) is 3.04. The Morgan fingerprint density at radius 1 is 1.71 bits per heavy atom. The predicted molar refractivity (Wildman–Crippen MR) is 53.6 cm³/mol. The second-order valence-electron chi connectivity index (χ2n) is 2.57. The molecule has 0 spiro atoms. The van der Waals surface area contributed by atoms with Gasteiger partial charge >= 0.3 is 5.97 Å². The monoisotopic (exact) mass is 193 g/mol. The Labute approximate surface area is 81.5 Å². The lowest BCUT2D eigenvalue weighted by atomic mass is 10.3. The van der Waals surface area contributed by atoms with Gasteiger partial charge in [0.1, 0.15) is 5.82 Å². The van der Waals surface area contributed by atoms with Gasteiger partial charge in [-0.3, -0.25) is 5.43 Å². The number of carboxylic acids is 1. The van der Waals surface area contributed by atoms with Crippen LogP contribution in [0.4, 0.5) is 5.82 Å². The zero-order valence-corrected chi connectivity index (χ0v) is 7.77. The number of anilines is 1. The van der Waals surface area contributed by atoms with Gasteiger partial charge in [-0.2, -0.15) is 5.10 Å². The molecule has 0 atom stereocenters. The molecule has 0 saturated heterocycles. The SMILES string of the molecule is CC/C=N\Nc1ccc(C(=O)O)cn1. The van der Waals surface area contributed by atoms with E-state index in [1.54, 1.807) is 12.3 Å². The number of carboxylic acid groups (broad SMARTS) is 1. The van der Waals surface area contributed by atoms with Crippen LogP contribution in [0.3, 0.4) is 0 Å². The fourth-order valence-electron chi connectivity index (χ4n) is 0.790. The molecular weight excluding hydrogens is 182 g/mol. The summed E-state index contributed by atoms with van der Waals surface area (Å²) in [6.45, 7) is 1.96. The van der Waals surface area contributed by atoms with Gasteiger partial charge in [-0.1, -0.05) is 6.92 Å². The predicted octanol–water partition coefficient (Wildman–Crippen LogP) is 1.59. The molecule has 14 heavy (non-hydrogen) atoms. The highest BCUT2D eigenvalue weighted by molar-refractivity contribution is 5.87. The van der Waals surface area contributed by atoms with Gasteiger partial charge in [0.2, 0.25) is 0 Å². The first-order valence-electron chi connectivity index (χ1n) is 4.21. The van der Waals surface area contributed by atoms with Crippen LogP contribution in [0.5, 0.6) is 0 Å². The van der Waals surface area contributed by atoms with E-state index in [2.05, 4.69) is 15.5 Å². The third-order valence-electron chi connectivity index (χ3n) is 1.46. The van der Waals surface area contributed by atoms with Gasteiger partial charge in [0.25, 0.3) is 0 Å². The van der Waals surface area contributed by atoms with E-state index in [4.69, 9.17) is 5.11 Å². The first-order chi connectivity index (χ1) is 6.74. The molecule has 1 rings (SSSR count). The lowest BCUT2D eigenvalue weighted by molar-refractivity contribution is 0.0696. The summed E-state index contributed by atoms with van der Waals surface area (Å²) in [5.74, 6) is -0.458. The van der Waals surface area contributed by atoms with Crippen LogP contribution in [0.1, 0.15) is 23.7 Å². The number of rotatable bonds is 4. The number of hydrogen-bond acceptors (Lipinski definition) is 4. The Morgan fingerprint density at radius 2 is 2.50 bits per heavy atom. The average Bonchev–Trinajstić information content (AvgIpc) is 2.19. The van der Waals surface area contributed by atoms with Crippen molar-refractivity contribution in [3.63, 3.8) is 0 Å². The van der Waals surface area contributed by atoms with E-state index >= 15 is 0 Å². The van der Waals surface area contributed by atoms with Crippen LogP contribution in [0.15, 0.2) is 23.4 Å². The molecule has 0 aliphatic rings. The minimum absolute atomic E-state index is 0.162. The highest BCUT2D eigenvalue weighted by atomic mass is 16.4. The van der Waals surface area contributed by atoms with E-state index in [0.29, 0.717) is 5.82 Å². The largest absolute Gasteiger partial charge is 0.478 e. The third kappa shape index (κ3) is 2.85. The van der Waals surface area contributed by atoms with Gasteiger partial charge in [-0.25, -0.2) is 9.78 Å². The van der Waals surface area contributed by atoms with E-state index in [1.807, 2.05) is 6.92 Å². The topological polar surface area (TPSA) is 74.6 Å². The lowest BCUT2D eigenvalue weighted by Gasteiger charge is -1.98. The number of nitrogens with zero attached hydrogens (tertiary/aromatic N) is 2. The molecule has 0 unspecified atom stereocenters. The van der Waals surface area contributed by atoms with Crippen molar-refractivity contribution in [3.8, 4) is 0 Å². The number of aromatic nitrogens is 1. The van der Waals surface area contributed by atoms with Crippen LogP contribution in [0.2, 0.25) is 0 Å². The standard InChI is InChI=1S/C9H11N3O2/c1-2-5-11-12-8-4-3-7(6-10-8)9(13)14/h3-6H,2H2,1H3,(H,10,12)(H,13,14)/b11-5-. The Hall–Kier alpha value is -1.91. The van der Waals surface area contributed by atoms with E-state index in [-0.39, 0.29) is 5.56 Å². The van der Waals surface area contributed by atoms with E-state index in [1.165, 1.54) is 12.3 Å². The van der Waals surface area contributed by atoms with Crippen LogP contribution < -0.4 is 5.43 Å². The molecule has 2 N–H and O–H groups in total. The number of carbonyl (C=O) groups is 1. The third-order valence-corrected chi connectivity index (χ3v) is 1.46. The summed E-state index contributed by atoms with van der Waals surface area (Å²) >= 11 is 0. The first-order valence-corrected chi connectivity index (χ1v) is 4.21. The Morgan fingerprint density at radius 3 is 3.00 bits per heavy atom. The van der Waals surface area contributed by atoms with Gasteiger partial charge < -0.3 is 5.11 Å². The molecule has 0 amide bonds. The molecular formula is C9H11N3O2. The van der Waals surface area contributed by atoms with Crippen LogP contribution in [0.25, 0.3) is 0 Å². The van der Waals surface area contributed by atoms with Gasteiger partial charge in [0.05, 0.1) is 5.56 Å².